The Morgan fingerprint density at radius 1 is 1.05 bits per heavy atom. The second-order valence-electron chi connectivity index (χ2n) is 8.12. The van der Waals surface area contributed by atoms with Crippen LogP contribution in [0.25, 0.3) is 21.7 Å². The van der Waals surface area contributed by atoms with Crippen molar-refractivity contribution in [2.75, 3.05) is 17.2 Å². The first-order valence-electron chi connectivity index (χ1n) is 11.5. The number of terminal acetylenes is 1. The number of nitrogens with zero attached hydrogens (tertiary/aromatic N) is 5. The van der Waals surface area contributed by atoms with Gasteiger partial charge in [-0.3, -0.25) is 14.3 Å². The molecule has 0 fully saturated rings. The summed E-state index contributed by atoms with van der Waals surface area (Å²) in [6.45, 7) is 0.408. The molecule has 3 aromatic carbocycles. The van der Waals surface area contributed by atoms with Gasteiger partial charge in [-0.2, -0.15) is 5.10 Å². The van der Waals surface area contributed by atoms with E-state index >= 15 is 0 Å². The fourth-order valence-corrected chi connectivity index (χ4v) is 3.69. The average molecular weight is 506 g/mol. The number of aryl methyl sites for hydroxylation is 1. The zero-order valence-corrected chi connectivity index (χ0v) is 20.5. The Labute approximate surface area is 218 Å². The third-order valence-electron chi connectivity index (χ3n) is 5.53. The third kappa shape index (κ3) is 6.25. The first-order valence-corrected chi connectivity index (χ1v) is 11.5. The van der Waals surface area contributed by atoms with Crippen LogP contribution >= 0.6 is 0 Å². The van der Waals surface area contributed by atoms with E-state index in [9.17, 15) is 9.59 Å². The molecule has 1 aromatic heterocycles. The summed E-state index contributed by atoms with van der Waals surface area (Å²) < 4.78 is 6.94. The van der Waals surface area contributed by atoms with Crippen LogP contribution in [0.1, 0.15) is 26.3 Å². The van der Waals surface area contributed by atoms with Crippen LogP contribution in [0.15, 0.2) is 84.0 Å². The topological polar surface area (TPSA) is 134 Å². The van der Waals surface area contributed by atoms with Gasteiger partial charge in [0.05, 0.1) is 12.3 Å². The number of hydrogen-bond donors (Lipinski definition) is 2. The van der Waals surface area contributed by atoms with Crippen molar-refractivity contribution in [1.82, 2.24) is 9.78 Å². The summed E-state index contributed by atoms with van der Waals surface area (Å²) in [6, 6.07) is 22.5. The molecule has 0 saturated heterocycles. The van der Waals surface area contributed by atoms with Gasteiger partial charge in [0.1, 0.15) is 12.4 Å². The Bertz CT molecular complexity index is 1560. The lowest BCUT2D eigenvalue weighted by Crippen LogP contribution is -2.14. The van der Waals surface area contributed by atoms with E-state index in [1.165, 1.54) is 6.07 Å². The monoisotopic (exact) mass is 505 g/mol. The molecule has 0 aliphatic heterocycles. The molecular formula is C28H23N7O3. The number of anilines is 2. The van der Waals surface area contributed by atoms with E-state index in [0.29, 0.717) is 34.0 Å². The van der Waals surface area contributed by atoms with E-state index < -0.39 is 0 Å². The maximum absolute atomic E-state index is 12.9. The minimum atomic E-state index is -0.363. The van der Waals surface area contributed by atoms with Crippen molar-refractivity contribution in [2.24, 2.45) is 12.2 Å². The number of rotatable bonds is 9. The summed E-state index contributed by atoms with van der Waals surface area (Å²) in [5, 5.41) is 13.7. The van der Waals surface area contributed by atoms with Gasteiger partial charge in [-0.15, -0.1) is 6.42 Å². The molecule has 0 radical (unpaired) electrons. The van der Waals surface area contributed by atoms with Crippen molar-refractivity contribution >= 4 is 29.0 Å². The molecule has 188 valence electrons. The van der Waals surface area contributed by atoms with Gasteiger partial charge in [-0.25, -0.2) is 0 Å². The number of benzene rings is 3. The van der Waals surface area contributed by atoms with Gasteiger partial charge in [-0.1, -0.05) is 53.5 Å². The first-order chi connectivity index (χ1) is 18.5. The Balaban J connectivity index is 1.44. The summed E-state index contributed by atoms with van der Waals surface area (Å²) in [5.74, 6) is 2.27. The summed E-state index contributed by atoms with van der Waals surface area (Å²) in [6.07, 6.45) is 5.22. The lowest BCUT2D eigenvalue weighted by molar-refractivity contribution is 0.101. The first kappa shape index (κ1) is 25.7. The highest BCUT2D eigenvalue weighted by Gasteiger charge is 2.14. The van der Waals surface area contributed by atoms with Crippen LogP contribution < -0.4 is 10.6 Å². The number of ether oxygens (including phenoxy) is 1. The Morgan fingerprint density at radius 2 is 1.84 bits per heavy atom. The van der Waals surface area contributed by atoms with Gasteiger partial charge in [-0.05, 0) is 41.4 Å². The zero-order valence-electron chi connectivity index (χ0n) is 20.5. The fourth-order valence-electron chi connectivity index (χ4n) is 3.69. The molecule has 4 aromatic rings. The molecule has 4 rings (SSSR count). The van der Waals surface area contributed by atoms with E-state index in [2.05, 4.69) is 31.7 Å². The van der Waals surface area contributed by atoms with Crippen molar-refractivity contribution in [2.45, 2.75) is 6.61 Å². The second-order valence-corrected chi connectivity index (χ2v) is 8.12. The summed E-state index contributed by atoms with van der Waals surface area (Å²) in [4.78, 5) is 28.3. The second kappa shape index (κ2) is 12.1. The van der Waals surface area contributed by atoms with E-state index in [4.69, 9.17) is 16.7 Å². The minimum absolute atomic E-state index is 0.168. The maximum Gasteiger partial charge on any atom is 0.256 e. The molecule has 0 aliphatic rings. The van der Waals surface area contributed by atoms with Crippen LogP contribution in [0.5, 0.6) is 0 Å². The Kier molecular flexibility index (Phi) is 8.16. The highest BCUT2D eigenvalue weighted by molar-refractivity contribution is 6.05. The van der Waals surface area contributed by atoms with Crippen LogP contribution in [0.3, 0.4) is 0 Å². The Hall–Kier alpha value is -5.36. The fraction of sp³-hybridized carbons (Fsp3) is 0.107. The lowest BCUT2D eigenvalue weighted by Gasteiger charge is -2.10. The smallest absolute Gasteiger partial charge is 0.256 e. The molecule has 0 spiro atoms. The van der Waals surface area contributed by atoms with Gasteiger partial charge < -0.3 is 15.4 Å². The highest BCUT2D eigenvalue weighted by Crippen LogP contribution is 2.24. The predicted molar refractivity (Wildman–Crippen MR) is 145 cm³/mol. The number of amides is 2. The minimum Gasteiger partial charge on any atom is -0.364 e. The standard InChI is InChI=1S/C28H23N7O3/c1-3-15-38-18-21-7-4-5-10-24(21)28(37)30-22-13-11-19(12-14-22)25-17-26(35(2)33-25)31-27(36)20-8-6-9-23(16-20)32-34-29/h1,4-14,16-17H,15,18H2,2H3,(H,30,37)(H,31,36). The Morgan fingerprint density at radius 3 is 2.61 bits per heavy atom. The molecule has 10 nitrogen and oxygen atoms in total. The maximum atomic E-state index is 12.9. The number of nitrogens with one attached hydrogen (secondary N) is 2. The molecule has 0 bridgehead atoms. The van der Waals surface area contributed by atoms with Gasteiger partial charge >= 0.3 is 0 Å². The zero-order chi connectivity index (χ0) is 26.9. The van der Waals surface area contributed by atoms with Crippen LogP contribution in [0.2, 0.25) is 0 Å². The quantitative estimate of drug-likeness (QED) is 0.0994. The van der Waals surface area contributed by atoms with Gasteiger partial charge in [0.15, 0.2) is 0 Å². The molecule has 0 saturated carbocycles. The average Bonchev–Trinajstić information content (AvgIpc) is 3.29. The van der Waals surface area contributed by atoms with Gasteiger partial charge in [0, 0.05) is 46.1 Å². The van der Waals surface area contributed by atoms with Crippen molar-refractivity contribution in [3.63, 3.8) is 0 Å². The number of hydrogen-bond acceptors (Lipinski definition) is 5. The third-order valence-corrected chi connectivity index (χ3v) is 5.53. The van der Waals surface area contributed by atoms with Crippen molar-refractivity contribution in [3.8, 4) is 23.6 Å². The molecule has 1 heterocycles. The predicted octanol–water partition coefficient (Wildman–Crippen LogP) is 5.68. The van der Waals surface area contributed by atoms with Crippen LogP contribution in [0.4, 0.5) is 17.2 Å². The molecule has 0 unspecified atom stereocenters. The van der Waals surface area contributed by atoms with E-state index in [1.807, 2.05) is 24.3 Å². The van der Waals surface area contributed by atoms with E-state index in [1.54, 1.807) is 60.3 Å². The molecule has 2 amide bonds. The molecule has 0 aliphatic carbocycles. The summed E-state index contributed by atoms with van der Waals surface area (Å²) in [7, 11) is 1.72. The van der Waals surface area contributed by atoms with Crippen molar-refractivity contribution in [1.29, 1.82) is 0 Å². The number of aromatic nitrogens is 2. The van der Waals surface area contributed by atoms with Gasteiger partial charge in [0.25, 0.3) is 11.8 Å². The van der Waals surface area contributed by atoms with Crippen LogP contribution in [0, 0.1) is 12.3 Å². The number of azide groups is 1. The van der Waals surface area contributed by atoms with E-state index in [-0.39, 0.29) is 25.0 Å². The van der Waals surface area contributed by atoms with Crippen molar-refractivity contribution < 1.29 is 14.3 Å². The summed E-state index contributed by atoms with van der Waals surface area (Å²) in [5.41, 5.74) is 12.6. The van der Waals surface area contributed by atoms with Crippen LogP contribution in [-0.2, 0) is 18.4 Å². The normalized spacial score (nSPS) is 10.2. The summed E-state index contributed by atoms with van der Waals surface area (Å²) >= 11 is 0. The molecule has 2 N–H and O–H groups in total. The van der Waals surface area contributed by atoms with Crippen molar-refractivity contribution in [3.05, 3.63) is 106 Å². The number of carbonyl (C=O) groups excluding carboxylic acids is 2. The van der Waals surface area contributed by atoms with Crippen LogP contribution in [-0.4, -0.2) is 28.2 Å². The lowest BCUT2D eigenvalue weighted by atomic mass is 10.1. The van der Waals surface area contributed by atoms with E-state index in [0.717, 1.165) is 11.1 Å². The SMILES string of the molecule is C#CCOCc1ccccc1C(=O)Nc1ccc(-c2cc(NC(=O)c3cccc(N=[N+]=[N-])c3)n(C)n2)cc1. The highest BCUT2D eigenvalue weighted by atomic mass is 16.5. The molecule has 0 atom stereocenters. The molecule has 10 heteroatoms. The number of carbonyl (C=O) groups is 2. The molecule has 38 heavy (non-hydrogen) atoms. The van der Waals surface area contributed by atoms with Gasteiger partial charge in [0.2, 0.25) is 0 Å². The molecular weight excluding hydrogens is 482 g/mol. The largest absolute Gasteiger partial charge is 0.364 e.